The van der Waals surface area contributed by atoms with E-state index in [1.165, 1.54) is 0 Å². The molecular formula is C18H17Cl2N3OS. The van der Waals surface area contributed by atoms with E-state index < -0.39 is 36.8 Å². The number of aromatic nitrogens is 1. The van der Waals surface area contributed by atoms with Gasteiger partial charge >= 0.3 is 0 Å². The Kier molecular flexibility index (Phi) is 3.15. The maximum Gasteiger partial charge on any atom is 0.131 e. The van der Waals surface area contributed by atoms with Gasteiger partial charge in [-0.05, 0) is 24.9 Å². The third kappa shape index (κ3) is 3.29. The minimum Gasteiger partial charge on any atom is -0.467 e. The van der Waals surface area contributed by atoms with Crippen LogP contribution < -0.4 is 11.1 Å². The summed E-state index contributed by atoms with van der Waals surface area (Å²) in [5.41, 5.74) is 7.04. The van der Waals surface area contributed by atoms with Crippen LogP contribution in [0.25, 0.3) is 10.2 Å². The van der Waals surface area contributed by atoms with E-state index in [-0.39, 0.29) is 15.1 Å². The van der Waals surface area contributed by atoms with Gasteiger partial charge in [0.05, 0.1) is 31.0 Å². The minimum absolute atomic E-state index is 0.102. The van der Waals surface area contributed by atoms with Crippen LogP contribution in [0.3, 0.4) is 0 Å². The molecule has 7 heteroatoms. The van der Waals surface area contributed by atoms with Crippen LogP contribution >= 0.6 is 34.5 Å². The number of allylic oxidation sites excluding steroid dienone is 1. The molecule has 3 N–H and O–H groups in total. The second-order valence-corrected chi connectivity index (χ2v) is 7.24. The SMILES string of the molecule is [2H]C1=C([2H])C([2H])([2H])[C@H](c2sc3c(NCc4ccco4)cc(Cl)nc3c2Cl)[C@@H](N)C1([2H])[2H]. The third-order valence-electron chi connectivity index (χ3n) is 3.78. The number of fused-ring (bicyclic) bond motifs is 1. The predicted molar refractivity (Wildman–Crippen MR) is 105 cm³/mol. The first-order valence-corrected chi connectivity index (χ1v) is 9.02. The molecule has 25 heavy (non-hydrogen) atoms. The molecule has 3 heterocycles. The van der Waals surface area contributed by atoms with Crippen molar-refractivity contribution >= 4 is 50.4 Å². The van der Waals surface area contributed by atoms with Crippen LogP contribution in [0.15, 0.2) is 41.0 Å². The molecule has 3 aromatic heterocycles. The lowest BCUT2D eigenvalue weighted by molar-refractivity contribution is 0.518. The Bertz CT molecular complexity index is 1180. The number of rotatable bonds is 4. The fraction of sp³-hybridized carbons (Fsp3) is 0.278. The highest BCUT2D eigenvalue weighted by Gasteiger charge is 2.27. The van der Waals surface area contributed by atoms with Crippen LogP contribution in [-0.2, 0) is 6.54 Å². The highest BCUT2D eigenvalue weighted by Crippen LogP contribution is 2.45. The van der Waals surface area contributed by atoms with Gasteiger partial charge in [-0.2, -0.15) is 0 Å². The summed E-state index contributed by atoms with van der Waals surface area (Å²) in [4.78, 5) is 4.52. The minimum atomic E-state index is -2.39. The molecule has 0 aromatic carbocycles. The van der Waals surface area contributed by atoms with Crippen molar-refractivity contribution in [2.24, 2.45) is 5.73 Å². The fourth-order valence-electron chi connectivity index (χ4n) is 2.59. The number of nitrogens with two attached hydrogens (primary N) is 1. The molecule has 3 aromatic rings. The molecule has 0 saturated carbocycles. The van der Waals surface area contributed by atoms with Gasteiger partial charge in [-0.3, -0.25) is 0 Å². The Morgan fingerprint density at radius 1 is 1.44 bits per heavy atom. The van der Waals surface area contributed by atoms with Crippen LogP contribution in [0.5, 0.6) is 0 Å². The summed E-state index contributed by atoms with van der Waals surface area (Å²) in [5, 5.41) is 3.47. The average molecular weight is 400 g/mol. The lowest BCUT2D eigenvalue weighted by atomic mass is 9.88. The van der Waals surface area contributed by atoms with E-state index in [1.807, 2.05) is 0 Å². The first-order chi connectivity index (χ1) is 14.5. The predicted octanol–water partition coefficient (Wildman–Crippen LogP) is 5.57. The number of nitrogens with zero attached hydrogens (tertiary/aromatic N) is 1. The topological polar surface area (TPSA) is 64.1 Å². The van der Waals surface area contributed by atoms with Crippen LogP contribution in [0, 0.1) is 0 Å². The largest absolute Gasteiger partial charge is 0.467 e. The van der Waals surface area contributed by atoms with Crippen LogP contribution in [0.1, 0.15) is 37.5 Å². The van der Waals surface area contributed by atoms with Gasteiger partial charge in [0.25, 0.3) is 0 Å². The standard InChI is InChI=1S/C18H17Cl2N3OS/c19-14-8-13(22-9-10-4-3-7-24-10)18-16(23-14)15(20)17(25-18)11-5-1-2-6-12(11)21/h1-4,7-8,11-12H,5-6,9,21H2,(H,22,23)/t11-,12-/m0/s1/i1D,2D,5D2,6D2. The van der Waals surface area contributed by atoms with Crippen LogP contribution in [-0.4, -0.2) is 11.0 Å². The van der Waals surface area contributed by atoms with E-state index in [4.69, 9.17) is 41.6 Å². The van der Waals surface area contributed by atoms with Crippen molar-refractivity contribution in [2.75, 3.05) is 5.32 Å². The second kappa shape index (κ2) is 7.00. The maximum atomic E-state index is 8.43. The number of nitrogens with one attached hydrogen (secondary N) is 1. The Morgan fingerprint density at radius 2 is 2.28 bits per heavy atom. The molecule has 0 saturated heterocycles. The van der Waals surface area contributed by atoms with Gasteiger partial charge in [0.15, 0.2) is 0 Å². The van der Waals surface area contributed by atoms with Gasteiger partial charge in [0.2, 0.25) is 0 Å². The van der Waals surface area contributed by atoms with Crippen molar-refractivity contribution in [3.63, 3.8) is 0 Å². The molecule has 2 atom stereocenters. The quantitative estimate of drug-likeness (QED) is 0.444. The number of anilines is 1. The van der Waals surface area contributed by atoms with Crippen molar-refractivity contribution in [3.8, 4) is 0 Å². The molecule has 0 unspecified atom stereocenters. The van der Waals surface area contributed by atoms with Crippen molar-refractivity contribution < 1.29 is 12.6 Å². The Labute approximate surface area is 168 Å². The molecule has 0 amide bonds. The van der Waals surface area contributed by atoms with Crippen molar-refractivity contribution in [1.82, 2.24) is 4.98 Å². The summed E-state index contributed by atoms with van der Waals surface area (Å²) in [5.74, 6) is -0.595. The van der Waals surface area contributed by atoms with Crippen LogP contribution in [0.2, 0.25) is 10.2 Å². The molecule has 0 radical (unpaired) electrons. The van der Waals surface area contributed by atoms with E-state index >= 15 is 0 Å². The number of furan rings is 1. The van der Waals surface area contributed by atoms with Crippen molar-refractivity contribution in [1.29, 1.82) is 0 Å². The van der Waals surface area contributed by atoms with Crippen molar-refractivity contribution in [2.45, 2.75) is 31.3 Å². The van der Waals surface area contributed by atoms with Gasteiger partial charge in [-0.15, -0.1) is 11.3 Å². The number of thiophene rings is 1. The smallest absolute Gasteiger partial charge is 0.131 e. The molecule has 1 aliphatic carbocycles. The Hall–Kier alpha value is -1.53. The summed E-state index contributed by atoms with van der Waals surface area (Å²) in [6.07, 6.45) is -3.23. The molecule has 0 spiro atoms. The highest BCUT2D eigenvalue weighted by atomic mass is 35.5. The van der Waals surface area contributed by atoms with E-state index in [9.17, 15) is 0 Å². The summed E-state index contributed by atoms with van der Waals surface area (Å²) in [6, 6.07) is 2.23. The molecule has 0 aliphatic heterocycles. The molecule has 4 nitrogen and oxygen atoms in total. The van der Waals surface area contributed by atoms with Crippen LogP contribution in [0.4, 0.5) is 5.69 Å². The summed E-state index contributed by atoms with van der Waals surface area (Å²) >= 11 is 13.9. The van der Waals surface area contributed by atoms with Gasteiger partial charge in [-0.25, -0.2) is 4.98 Å². The molecule has 130 valence electrons. The van der Waals surface area contributed by atoms with Gasteiger partial charge in [0.1, 0.15) is 16.4 Å². The lowest BCUT2D eigenvalue weighted by Gasteiger charge is -2.24. The average Bonchev–Trinajstić information content (AvgIpc) is 3.33. The monoisotopic (exact) mass is 399 g/mol. The number of pyridine rings is 1. The van der Waals surface area contributed by atoms with Crippen molar-refractivity contribution in [3.05, 3.63) is 57.4 Å². The summed E-state index contributed by atoms with van der Waals surface area (Å²) < 4.78 is 55.1. The number of hydrogen-bond donors (Lipinski definition) is 2. The number of hydrogen-bond acceptors (Lipinski definition) is 5. The van der Waals surface area contributed by atoms with E-state index in [0.717, 1.165) is 11.3 Å². The first kappa shape index (κ1) is 11.2. The van der Waals surface area contributed by atoms with E-state index in [0.29, 0.717) is 28.2 Å². The highest BCUT2D eigenvalue weighted by molar-refractivity contribution is 7.20. The van der Waals surface area contributed by atoms with Gasteiger partial charge in [0, 0.05) is 28.4 Å². The zero-order valence-corrected chi connectivity index (χ0v) is 15.1. The molecular weight excluding hydrogens is 377 g/mol. The Balaban J connectivity index is 1.85. The van der Waals surface area contributed by atoms with Gasteiger partial charge in [-0.1, -0.05) is 35.3 Å². The molecule has 0 fully saturated rings. The fourth-order valence-corrected chi connectivity index (χ4v) is 4.43. The molecule has 1 aliphatic rings. The van der Waals surface area contributed by atoms with E-state index in [2.05, 4.69) is 10.3 Å². The lowest BCUT2D eigenvalue weighted by Crippen LogP contribution is -2.29. The Morgan fingerprint density at radius 3 is 3.08 bits per heavy atom. The second-order valence-electron chi connectivity index (χ2n) is 5.43. The van der Waals surface area contributed by atoms with Gasteiger partial charge < -0.3 is 15.5 Å². The summed E-state index contributed by atoms with van der Waals surface area (Å²) in [6.45, 7) is 0.363. The normalized spacial score (nSPS) is 28.6. The summed E-state index contributed by atoms with van der Waals surface area (Å²) in [7, 11) is 0. The first-order valence-electron chi connectivity index (χ1n) is 10.4. The zero-order chi connectivity index (χ0) is 22.7. The number of halogens is 2. The molecule has 4 rings (SSSR count). The third-order valence-corrected chi connectivity index (χ3v) is 5.77. The molecule has 0 bridgehead atoms. The zero-order valence-electron chi connectivity index (χ0n) is 18.8. The maximum absolute atomic E-state index is 8.43. The van der Waals surface area contributed by atoms with E-state index in [1.54, 1.807) is 24.5 Å².